The Kier molecular flexibility index (Phi) is 13.4. The molecular weight excluding hydrogens is 456 g/mol. The lowest BCUT2D eigenvalue weighted by Gasteiger charge is -2.39. The zero-order chi connectivity index (χ0) is 27.4. The molecule has 200 valence electrons. The molecule has 2 N–H and O–H groups in total. The van der Waals surface area contributed by atoms with Gasteiger partial charge in [-0.1, -0.05) is 0 Å². The van der Waals surface area contributed by atoms with Gasteiger partial charge in [-0.2, -0.15) is 0 Å². The van der Waals surface area contributed by atoms with Crippen molar-refractivity contribution in [2.75, 3.05) is 13.1 Å². The largest absolute Gasteiger partial charge is 0.460 e. The molecule has 0 unspecified atom stereocenters. The van der Waals surface area contributed by atoms with E-state index in [-0.39, 0.29) is 50.5 Å². The molecule has 0 aliphatic carbocycles. The lowest BCUT2D eigenvalue weighted by molar-refractivity contribution is -0.296. The summed E-state index contributed by atoms with van der Waals surface area (Å²) in [5, 5.41) is 18.7. The monoisotopic (exact) mass is 498 g/mol. The summed E-state index contributed by atoms with van der Waals surface area (Å²) in [6.45, 7) is 28.0. The van der Waals surface area contributed by atoms with E-state index in [9.17, 15) is 19.8 Å². The highest BCUT2D eigenvalue weighted by Gasteiger charge is 2.38. The van der Waals surface area contributed by atoms with Crippen LogP contribution in [0.4, 0.5) is 0 Å². The Morgan fingerprint density at radius 1 is 0.943 bits per heavy atom. The van der Waals surface area contributed by atoms with Gasteiger partial charge in [0, 0.05) is 12.8 Å². The number of aliphatic hydroxyl groups is 2. The fourth-order valence-electron chi connectivity index (χ4n) is 3.28. The summed E-state index contributed by atoms with van der Waals surface area (Å²) in [5.74, 6) is -1.55. The van der Waals surface area contributed by atoms with Crippen molar-refractivity contribution in [3.8, 4) is 0 Å². The average Bonchev–Trinajstić information content (AvgIpc) is 2.57. The second kappa shape index (κ2) is 14.4. The number of hydrogen-bond donors (Lipinski definition) is 2. The molecule has 0 spiro atoms. The molecule has 0 aromatic heterocycles. The lowest BCUT2D eigenvalue weighted by Crippen LogP contribution is -2.46. The number of esters is 2. The molecule has 1 rings (SSSR count). The summed E-state index contributed by atoms with van der Waals surface area (Å²) in [7, 11) is 0. The first-order chi connectivity index (χ1) is 15.9. The van der Waals surface area contributed by atoms with Crippen LogP contribution in [0.2, 0.25) is 0 Å². The van der Waals surface area contributed by atoms with Gasteiger partial charge in [0.05, 0.1) is 25.0 Å². The van der Waals surface area contributed by atoms with Gasteiger partial charge in [0.1, 0.15) is 23.4 Å². The summed E-state index contributed by atoms with van der Waals surface area (Å²) in [6, 6.07) is 0. The molecule has 1 heterocycles. The predicted molar refractivity (Wildman–Crippen MR) is 129 cm³/mol. The van der Waals surface area contributed by atoms with Crippen molar-refractivity contribution >= 4 is 11.9 Å². The molecule has 10 nitrogen and oxygen atoms in total. The highest BCUT2D eigenvalue weighted by molar-refractivity contribution is 5.70. The summed E-state index contributed by atoms with van der Waals surface area (Å²) in [4.78, 5) is 29.4. The number of carbonyl (C=O) groups is 2. The molecule has 0 radical (unpaired) electrons. The van der Waals surface area contributed by atoms with Crippen molar-refractivity contribution in [2.24, 2.45) is 0 Å². The topological polar surface area (TPSA) is 120 Å². The minimum atomic E-state index is -0.966. The standard InChI is InChI=1S/C14H23NO4.C11H19NO4/c1-13(2,3)19-12(16)8-10-7-11(9-15-6)18-14(4,5)17-10;1-11(2,3)16-10(15)6-8(13)5-9(14)7-12-4/h10-11H,7-9H2,1-5H3;8-9,13-14H,5-7H2,1-3H3/t10-,11+;8-,9+/m11/s1. The summed E-state index contributed by atoms with van der Waals surface area (Å²) < 4.78 is 21.6. The quantitative estimate of drug-likeness (QED) is 0.386. The first-order valence-corrected chi connectivity index (χ1v) is 11.7. The van der Waals surface area contributed by atoms with Crippen molar-refractivity contribution in [2.45, 2.75) is 122 Å². The predicted octanol–water partition coefficient (Wildman–Crippen LogP) is 3.30. The summed E-state index contributed by atoms with van der Waals surface area (Å²) >= 11 is 0. The highest BCUT2D eigenvalue weighted by atomic mass is 16.7. The molecular formula is C25H42N2O8. The molecule has 1 saturated heterocycles. The second-order valence-corrected chi connectivity index (χ2v) is 10.9. The van der Waals surface area contributed by atoms with E-state index >= 15 is 0 Å². The van der Waals surface area contributed by atoms with Gasteiger partial charge in [-0.3, -0.25) is 9.59 Å². The molecule has 4 atom stereocenters. The van der Waals surface area contributed by atoms with Crippen LogP contribution in [-0.4, -0.2) is 76.6 Å². The van der Waals surface area contributed by atoms with Crippen LogP contribution in [0.1, 0.15) is 81.1 Å². The number of nitrogens with zero attached hydrogens (tertiary/aromatic N) is 2. The summed E-state index contributed by atoms with van der Waals surface area (Å²) in [6.07, 6.45) is -1.71. The fraction of sp³-hybridized carbons (Fsp3) is 0.840. The van der Waals surface area contributed by atoms with Gasteiger partial charge >= 0.3 is 11.9 Å². The van der Waals surface area contributed by atoms with Gasteiger partial charge < -0.3 is 38.9 Å². The van der Waals surface area contributed by atoms with Crippen LogP contribution in [0.3, 0.4) is 0 Å². The van der Waals surface area contributed by atoms with Gasteiger partial charge in [-0.25, -0.2) is 13.1 Å². The first-order valence-electron chi connectivity index (χ1n) is 11.7. The van der Waals surface area contributed by atoms with Crippen LogP contribution in [0.5, 0.6) is 0 Å². The number of ether oxygens (including phenoxy) is 4. The zero-order valence-electron chi connectivity index (χ0n) is 22.3. The maximum Gasteiger partial charge on any atom is 0.308 e. The lowest BCUT2D eigenvalue weighted by atomic mass is 10.1. The molecule has 0 bridgehead atoms. The van der Waals surface area contributed by atoms with Gasteiger partial charge in [-0.15, -0.1) is 0 Å². The smallest absolute Gasteiger partial charge is 0.308 e. The van der Waals surface area contributed by atoms with Crippen LogP contribution >= 0.6 is 0 Å². The number of hydrogen-bond acceptors (Lipinski definition) is 8. The minimum absolute atomic E-state index is 0.0155. The van der Waals surface area contributed by atoms with Crippen LogP contribution in [0.25, 0.3) is 9.69 Å². The Bertz CT molecular complexity index is 755. The maximum atomic E-state index is 11.8. The van der Waals surface area contributed by atoms with Gasteiger partial charge in [0.2, 0.25) is 13.1 Å². The molecule has 10 heteroatoms. The van der Waals surface area contributed by atoms with E-state index in [4.69, 9.17) is 32.1 Å². The number of carbonyl (C=O) groups excluding carboxylic acids is 2. The molecule has 0 aromatic carbocycles. The van der Waals surface area contributed by atoms with E-state index < -0.39 is 35.2 Å². The Morgan fingerprint density at radius 3 is 1.94 bits per heavy atom. The fourth-order valence-corrected chi connectivity index (χ4v) is 3.28. The average molecular weight is 499 g/mol. The normalized spacial score (nSPS) is 21.3. The van der Waals surface area contributed by atoms with Crippen molar-refractivity contribution in [1.82, 2.24) is 0 Å². The van der Waals surface area contributed by atoms with Crippen molar-refractivity contribution < 1.29 is 38.7 Å². The van der Waals surface area contributed by atoms with E-state index in [1.165, 1.54) is 0 Å². The van der Waals surface area contributed by atoms with Gasteiger partial charge in [0.25, 0.3) is 0 Å². The zero-order valence-corrected chi connectivity index (χ0v) is 22.3. The van der Waals surface area contributed by atoms with E-state index in [2.05, 4.69) is 9.69 Å². The van der Waals surface area contributed by atoms with E-state index in [1.54, 1.807) is 34.6 Å². The SMILES string of the molecule is [C-]#[N+]C[C@@H](O)C[C@@H](O)CC(=O)OC(C)(C)C.[C-]#[N+]C[C@@H]1C[C@H](CC(=O)OC(C)(C)C)OC(C)(C)O1. The van der Waals surface area contributed by atoms with Crippen LogP contribution in [0.15, 0.2) is 0 Å². The molecule has 1 aliphatic rings. The second-order valence-electron chi connectivity index (χ2n) is 10.9. The van der Waals surface area contributed by atoms with E-state index in [0.29, 0.717) is 6.42 Å². The van der Waals surface area contributed by atoms with Gasteiger partial charge in [-0.05, 0) is 55.4 Å². The van der Waals surface area contributed by atoms with E-state index in [0.717, 1.165) is 0 Å². The van der Waals surface area contributed by atoms with Crippen molar-refractivity contribution in [1.29, 1.82) is 0 Å². The summed E-state index contributed by atoms with van der Waals surface area (Å²) in [5.41, 5.74) is -1.07. The Hall–Kier alpha value is -2.24. The van der Waals surface area contributed by atoms with Crippen LogP contribution in [0, 0.1) is 13.1 Å². The molecule has 0 saturated carbocycles. The third kappa shape index (κ3) is 17.8. The van der Waals surface area contributed by atoms with Crippen molar-refractivity contribution in [3.05, 3.63) is 22.8 Å². The van der Waals surface area contributed by atoms with E-state index in [1.807, 2.05) is 20.8 Å². The first kappa shape index (κ1) is 32.8. The van der Waals surface area contributed by atoms with Crippen LogP contribution in [-0.2, 0) is 28.5 Å². The van der Waals surface area contributed by atoms with Crippen LogP contribution < -0.4 is 0 Å². The number of aliphatic hydroxyl groups excluding tert-OH is 2. The third-order valence-corrected chi connectivity index (χ3v) is 4.20. The Morgan fingerprint density at radius 2 is 1.46 bits per heavy atom. The molecule has 0 amide bonds. The Labute approximate surface area is 209 Å². The Balaban J connectivity index is 0.000000672. The number of rotatable bonds is 8. The molecule has 35 heavy (non-hydrogen) atoms. The molecule has 1 aliphatic heterocycles. The highest BCUT2D eigenvalue weighted by Crippen LogP contribution is 2.29. The molecule has 0 aromatic rings. The minimum Gasteiger partial charge on any atom is -0.460 e. The molecule has 1 fully saturated rings. The third-order valence-electron chi connectivity index (χ3n) is 4.20. The maximum absolute atomic E-state index is 11.8. The van der Waals surface area contributed by atoms with Crippen molar-refractivity contribution in [3.63, 3.8) is 0 Å². The van der Waals surface area contributed by atoms with Gasteiger partial charge in [0.15, 0.2) is 5.79 Å².